The van der Waals surface area contributed by atoms with Gasteiger partial charge in [-0.3, -0.25) is 4.79 Å². The van der Waals surface area contributed by atoms with Gasteiger partial charge < -0.3 is 14.9 Å². The summed E-state index contributed by atoms with van der Waals surface area (Å²) < 4.78 is 5.00. The Balaban J connectivity index is 2.92. The van der Waals surface area contributed by atoms with E-state index in [-0.39, 0.29) is 12.0 Å². The summed E-state index contributed by atoms with van der Waals surface area (Å²) in [5.41, 5.74) is -2.19. The predicted molar refractivity (Wildman–Crippen MR) is 64.8 cm³/mol. The monoisotopic (exact) mass is 244 g/mol. The molecule has 0 aromatic rings. The van der Waals surface area contributed by atoms with Gasteiger partial charge in [-0.25, -0.2) is 0 Å². The third-order valence-electron chi connectivity index (χ3n) is 4.36. The highest BCUT2D eigenvalue weighted by atomic mass is 16.5. The normalized spacial score (nSPS) is 26.2. The number of aliphatic carboxylic acids is 1. The molecule has 1 fully saturated rings. The molecule has 0 saturated heterocycles. The van der Waals surface area contributed by atoms with Crippen molar-refractivity contribution < 1.29 is 19.7 Å². The summed E-state index contributed by atoms with van der Waals surface area (Å²) in [6, 6.07) is 0. The maximum Gasteiger partial charge on any atom is 0.314 e. The molecule has 2 N–H and O–H groups in total. The van der Waals surface area contributed by atoms with Gasteiger partial charge in [0.25, 0.3) is 0 Å². The van der Waals surface area contributed by atoms with Crippen LogP contribution in [-0.2, 0) is 9.53 Å². The van der Waals surface area contributed by atoms with E-state index in [2.05, 4.69) is 13.8 Å². The van der Waals surface area contributed by atoms with Crippen LogP contribution in [0, 0.1) is 10.8 Å². The predicted octanol–water partition coefficient (Wildman–Crippen LogP) is 2.05. The van der Waals surface area contributed by atoms with Crippen LogP contribution >= 0.6 is 0 Å². The van der Waals surface area contributed by atoms with Crippen molar-refractivity contribution in [3.05, 3.63) is 0 Å². The maximum atomic E-state index is 11.4. The van der Waals surface area contributed by atoms with Crippen LogP contribution in [0.3, 0.4) is 0 Å². The Morgan fingerprint density at radius 3 is 2.12 bits per heavy atom. The van der Waals surface area contributed by atoms with E-state index in [0.717, 1.165) is 12.8 Å². The Morgan fingerprint density at radius 1 is 1.29 bits per heavy atom. The van der Waals surface area contributed by atoms with Gasteiger partial charge in [0.2, 0.25) is 0 Å². The Labute approximate surface area is 103 Å². The maximum absolute atomic E-state index is 11.4. The minimum Gasteiger partial charge on any atom is -0.481 e. The second-order valence-corrected chi connectivity index (χ2v) is 6.27. The van der Waals surface area contributed by atoms with Crippen LogP contribution < -0.4 is 0 Å². The van der Waals surface area contributed by atoms with Gasteiger partial charge in [0, 0.05) is 7.11 Å². The van der Waals surface area contributed by atoms with Crippen molar-refractivity contribution in [1.82, 2.24) is 0 Å². The van der Waals surface area contributed by atoms with Gasteiger partial charge in [0.05, 0.1) is 12.2 Å². The molecule has 0 aromatic carbocycles. The van der Waals surface area contributed by atoms with Crippen molar-refractivity contribution in [2.24, 2.45) is 10.8 Å². The molecule has 17 heavy (non-hydrogen) atoms. The molecule has 1 aliphatic rings. The Hall–Kier alpha value is -0.610. The minimum absolute atomic E-state index is 0.0409. The highest BCUT2D eigenvalue weighted by molar-refractivity contribution is 5.76. The summed E-state index contributed by atoms with van der Waals surface area (Å²) in [5, 5.41) is 20.0. The summed E-state index contributed by atoms with van der Waals surface area (Å²) in [5.74, 6) is -0.985. The first kappa shape index (κ1) is 14.5. The number of carbonyl (C=O) groups is 1. The summed E-state index contributed by atoms with van der Waals surface area (Å²) in [7, 11) is 1.47. The van der Waals surface area contributed by atoms with E-state index in [1.165, 1.54) is 7.11 Å². The largest absolute Gasteiger partial charge is 0.481 e. The summed E-state index contributed by atoms with van der Waals surface area (Å²) >= 11 is 0. The van der Waals surface area contributed by atoms with Crippen molar-refractivity contribution in [2.75, 3.05) is 13.7 Å². The summed E-state index contributed by atoms with van der Waals surface area (Å²) in [6.07, 6.45) is 2.73. The van der Waals surface area contributed by atoms with Crippen LogP contribution in [0.1, 0.15) is 46.5 Å². The number of carboxylic acid groups (broad SMARTS) is 1. The van der Waals surface area contributed by atoms with Crippen LogP contribution in [0.15, 0.2) is 0 Å². The Bertz CT molecular complexity index is 288. The van der Waals surface area contributed by atoms with E-state index in [1.807, 2.05) is 0 Å². The molecule has 1 rings (SSSR count). The van der Waals surface area contributed by atoms with E-state index in [9.17, 15) is 15.0 Å². The number of aliphatic hydroxyl groups is 1. The standard InChI is InChI=1S/C13H24O4/c1-11(2)5-7-13(16,8-6-11)12(3,9-17-4)10(14)15/h16H,5-9H2,1-4H3,(H,14,15). The average Bonchev–Trinajstić information content (AvgIpc) is 2.23. The molecule has 4 heteroatoms. The molecular weight excluding hydrogens is 220 g/mol. The van der Waals surface area contributed by atoms with Crippen molar-refractivity contribution in [3.63, 3.8) is 0 Å². The lowest BCUT2D eigenvalue weighted by Crippen LogP contribution is -2.56. The number of rotatable bonds is 4. The van der Waals surface area contributed by atoms with Crippen LogP contribution in [-0.4, -0.2) is 35.5 Å². The van der Waals surface area contributed by atoms with Crippen LogP contribution in [0.4, 0.5) is 0 Å². The number of hydrogen-bond acceptors (Lipinski definition) is 3. The Morgan fingerprint density at radius 2 is 1.76 bits per heavy atom. The molecule has 0 amide bonds. The molecule has 1 unspecified atom stereocenters. The van der Waals surface area contributed by atoms with E-state index in [0.29, 0.717) is 12.8 Å². The zero-order valence-electron chi connectivity index (χ0n) is 11.2. The number of hydrogen-bond donors (Lipinski definition) is 2. The molecular formula is C13H24O4. The molecule has 1 aliphatic carbocycles. The lowest BCUT2D eigenvalue weighted by molar-refractivity contribution is -0.184. The van der Waals surface area contributed by atoms with Gasteiger partial charge in [-0.2, -0.15) is 0 Å². The van der Waals surface area contributed by atoms with Crippen molar-refractivity contribution in [2.45, 2.75) is 52.1 Å². The van der Waals surface area contributed by atoms with Crippen LogP contribution in [0.25, 0.3) is 0 Å². The zero-order chi connectivity index (χ0) is 13.3. The second kappa shape index (κ2) is 4.58. The highest BCUT2D eigenvalue weighted by Gasteiger charge is 2.54. The molecule has 0 aliphatic heterocycles. The van der Waals surface area contributed by atoms with Gasteiger partial charge in [0.15, 0.2) is 0 Å². The quantitative estimate of drug-likeness (QED) is 0.794. The van der Waals surface area contributed by atoms with E-state index < -0.39 is 17.0 Å². The van der Waals surface area contributed by atoms with E-state index in [4.69, 9.17) is 4.74 Å². The Kier molecular flexibility index (Phi) is 3.89. The lowest BCUT2D eigenvalue weighted by atomic mass is 9.61. The fraction of sp³-hybridized carbons (Fsp3) is 0.923. The number of methoxy groups -OCH3 is 1. The van der Waals surface area contributed by atoms with Gasteiger partial charge in [-0.15, -0.1) is 0 Å². The highest BCUT2D eigenvalue weighted by Crippen LogP contribution is 2.48. The molecule has 0 bridgehead atoms. The molecule has 0 heterocycles. The molecule has 4 nitrogen and oxygen atoms in total. The van der Waals surface area contributed by atoms with Crippen molar-refractivity contribution >= 4 is 5.97 Å². The van der Waals surface area contributed by atoms with Gasteiger partial charge in [0.1, 0.15) is 5.41 Å². The molecule has 1 saturated carbocycles. The summed E-state index contributed by atoms with van der Waals surface area (Å²) in [4.78, 5) is 11.4. The first-order valence-corrected chi connectivity index (χ1v) is 6.12. The molecule has 0 aromatic heterocycles. The van der Waals surface area contributed by atoms with Crippen molar-refractivity contribution in [3.8, 4) is 0 Å². The van der Waals surface area contributed by atoms with Gasteiger partial charge >= 0.3 is 5.97 Å². The van der Waals surface area contributed by atoms with Crippen LogP contribution in [0.2, 0.25) is 0 Å². The third-order valence-corrected chi connectivity index (χ3v) is 4.36. The first-order valence-electron chi connectivity index (χ1n) is 6.12. The topological polar surface area (TPSA) is 66.8 Å². The fourth-order valence-electron chi connectivity index (χ4n) is 2.58. The lowest BCUT2D eigenvalue weighted by Gasteiger charge is -2.48. The molecule has 0 radical (unpaired) electrons. The summed E-state index contributed by atoms with van der Waals surface area (Å²) in [6.45, 7) is 5.93. The van der Waals surface area contributed by atoms with Gasteiger partial charge in [-0.05, 0) is 38.0 Å². The number of ether oxygens (including phenoxy) is 1. The number of carboxylic acids is 1. The molecule has 1 atom stereocenters. The smallest absolute Gasteiger partial charge is 0.314 e. The molecule has 100 valence electrons. The zero-order valence-corrected chi connectivity index (χ0v) is 11.2. The second-order valence-electron chi connectivity index (χ2n) is 6.27. The van der Waals surface area contributed by atoms with Crippen molar-refractivity contribution in [1.29, 1.82) is 0 Å². The SMILES string of the molecule is COCC(C)(C(=O)O)C1(O)CCC(C)(C)CC1. The average molecular weight is 244 g/mol. The van der Waals surface area contributed by atoms with E-state index >= 15 is 0 Å². The minimum atomic E-state index is -1.22. The fourth-order valence-corrected chi connectivity index (χ4v) is 2.58. The van der Waals surface area contributed by atoms with Crippen LogP contribution in [0.5, 0.6) is 0 Å². The molecule has 0 spiro atoms. The first-order chi connectivity index (χ1) is 7.67. The third kappa shape index (κ3) is 2.63. The van der Waals surface area contributed by atoms with Gasteiger partial charge in [-0.1, -0.05) is 13.8 Å². The van der Waals surface area contributed by atoms with E-state index in [1.54, 1.807) is 6.92 Å².